The summed E-state index contributed by atoms with van der Waals surface area (Å²) in [4.78, 5) is 8.35. The minimum absolute atomic E-state index is 0.130. The van der Waals surface area contributed by atoms with Crippen molar-refractivity contribution in [1.82, 2.24) is 4.31 Å². The number of hydrogen-bond donors (Lipinski definition) is 0. The summed E-state index contributed by atoms with van der Waals surface area (Å²) >= 11 is 0. The second-order valence-electron chi connectivity index (χ2n) is 8.61. The number of sulfonamides is 1. The van der Waals surface area contributed by atoms with E-state index in [1.165, 1.54) is 4.31 Å². The normalized spacial score (nSPS) is 13.5. The first-order valence-corrected chi connectivity index (χ1v) is 13.3. The number of ether oxygens (including phenoxy) is 3. The molecule has 9 heteroatoms. The minimum Gasteiger partial charge on any atom is -0.497 e. The van der Waals surface area contributed by atoms with Gasteiger partial charge in [0.1, 0.15) is 22.9 Å². The number of rotatable bonds is 14. The lowest BCUT2D eigenvalue weighted by Crippen LogP contribution is -2.46. The molecule has 2 aromatic rings. The molecule has 37 heavy (non-hydrogen) atoms. The molecule has 0 aromatic heterocycles. The first kappa shape index (κ1) is 30.0. The van der Waals surface area contributed by atoms with Crippen molar-refractivity contribution in [2.75, 3.05) is 20.8 Å². The average Bonchev–Trinajstić information content (AvgIpc) is 2.90. The van der Waals surface area contributed by atoms with Crippen molar-refractivity contribution in [2.24, 2.45) is 9.98 Å². The molecule has 2 rings (SSSR count). The SMILES string of the molecule is C=CCO[C@H](C(N=C)=NC=C(C)C)[C@@H](C)S(=O)(=O)N(Cc1ccc(OC)cc1)Cc1ccc(OC)cc1. The molecule has 0 amide bonds. The molecule has 2 atom stereocenters. The molecule has 0 aliphatic rings. The van der Waals surface area contributed by atoms with Gasteiger partial charge in [0.25, 0.3) is 0 Å². The highest BCUT2D eigenvalue weighted by molar-refractivity contribution is 7.89. The standard InChI is InChI=1S/C28H37N3O5S/c1-8-17-36-27(28(29-5)30-18-21(2)3)22(4)37(32,33)31(19-23-9-13-25(34-6)14-10-23)20-24-11-15-26(35-7)16-12-24/h8-16,18,22,27H,1,5,17,19-20H2,2-4,6-7H3/t22-,27+/m1/s1. The van der Waals surface area contributed by atoms with E-state index in [0.29, 0.717) is 11.5 Å². The van der Waals surface area contributed by atoms with Gasteiger partial charge in [0.15, 0.2) is 5.84 Å². The zero-order chi connectivity index (χ0) is 27.4. The Morgan fingerprint density at radius 3 is 1.84 bits per heavy atom. The first-order valence-electron chi connectivity index (χ1n) is 11.8. The Bertz CT molecular complexity index is 1140. The Hall–Kier alpha value is -3.27. The zero-order valence-corrected chi connectivity index (χ0v) is 23.1. The largest absolute Gasteiger partial charge is 0.497 e. The van der Waals surface area contributed by atoms with E-state index in [1.807, 2.05) is 38.1 Å². The van der Waals surface area contributed by atoms with Crippen LogP contribution in [0, 0.1) is 0 Å². The van der Waals surface area contributed by atoms with Gasteiger partial charge >= 0.3 is 0 Å². The van der Waals surface area contributed by atoms with E-state index in [1.54, 1.807) is 57.7 Å². The lowest BCUT2D eigenvalue weighted by Gasteiger charge is -2.30. The molecule has 0 aliphatic heterocycles. The summed E-state index contributed by atoms with van der Waals surface area (Å²) in [7, 11) is -0.758. The van der Waals surface area contributed by atoms with Crippen LogP contribution in [0.25, 0.3) is 0 Å². The van der Waals surface area contributed by atoms with Crippen LogP contribution in [0.15, 0.2) is 82.9 Å². The smallest absolute Gasteiger partial charge is 0.220 e. The summed E-state index contributed by atoms with van der Waals surface area (Å²) in [6.45, 7) is 13.1. The summed E-state index contributed by atoms with van der Waals surface area (Å²) in [5.41, 5.74) is 2.56. The van der Waals surface area contributed by atoms with Crippen molar-refractivity contribution in [3.8, 4) is 11.5 Å². The highest BCUT2D eigenvalue weighted by Gasteiger charge is 2.38. The van der Waals surface area contributed by atoms with Crippen molar-refractivity contribution in [1.29, 1.82) is 0 Å². The van der Waals surface area contributed by atoms with Gasteiger partial charge in [-0.2, -0.15) is 4.31 Å². The van der Waals surface area contributed by atoms with Crippen LogP contribution in [-0.2, 0) is 27.8 Å². The van der Waals surface area contributed by atoms with Gasteiger partial charge in [0.2, 0.25) is 10.0 Å². The maximum absolute atomic E-state index is 14.1. The second kappa shape index (κ2) is 14.5. The van der Waals surface area contributed by atoms with Crippen LogP contribution in [0.4, 0.5) is 0 Å². The van der Waals surface area contributed by atoms with E-state index in [-0.39, 0.29) is 25.5 Å². The summed E-state index contributed by atoms with van der Waals surface area (Å²) in [5.74, 6) is 1.57. The molecule has 8 nitrogen and oxygen atoms in total. The Labute approximate surface area is 221 Å². The predicted molar refractivity (Wildman–Crippen MR) is 150 cm³/mol. The number of aliphatic imine (C=N–C) groups is 2. The van der Waals surface area contributed by atoms with Gasteiger partial charge in [-0.3, -0.25) is 0 Å². The minimum atomic E-state index is -3.93. The maximum Gasteiger partial charge on any atom is 0.220 e. The van der Waals surface area contributed by atoms with Gasteiger partial charge in [-0.05, 0) is 62.9 Å². The second-order valence-corrected chi connectivity index (χ2v) is 10.9. The average molecular weight is 528 g/mol. The molecule has 0 radical (unpaired) electrons. The number of amidine groups is 1. The van der Waals surface area contributed by atoms with Crippen molar-refractivity contribution in [2.45, 2.75) is 45.2 Å². The van der Waals surface area contributed by atoms with E-state index in [0.717, 1.165) is 16.7 Å². The Morgan fingerprint density at radius 2 is 1.46 bits per heavy atom. The lowest BCUT2D eigenvalue weighted by atomic mass is 10.2. The molecule has 0 saturated heterocycles. The molecule has 0 unspecified atom stereocenters. The van der Waals surface area contributed by atoms with Crippen molar-refractivity contribution in [3.05, 3.63) is 84.1 Å². The van der Waals surface area contributed by atoms with Crippen LogP contribution in [-0.4, -0.2) is 57.5 Å². The molecule has 0 spiro atoms. The number of allylic oxidation sites excluding steroid dienone is 1. The summed E-state index contributed by atoms with van der Waals surface area (Å²) < 4.78 is 46.0. The molecule has 0 aliphatic carbocycles. The number of benzene rings is 2. The third kappa shape index (κ3) is 8.66. The molecular formula is C28H37N3O5S. The van der Waals surface area contributed by atoms with Gasteiger partial charge < -0.3 is 14.2 Å². The fourth-order valence-corrected chi connectivity index (χ4v) is 5.13. The lowest BCUT2D eigenvalue weighted by molar-refractivity contribution is 0.119. The van der Waals surface area contributed by atoms with Crippen molar-refractivity contribution in [3.63, 3.8) is 0 Å². The highest BCUT2D eigenvalue weighted by Crippen LogP contribution is 2.24. The van der Waals surface area contributed by atoms with E-state index in [4.69, 9.17) is 14.2 Å². The summed E-state index contributed by atoms with van der Waals surface area (Å²) in [6.07, 6.45) is 2.21. The molecule has 0 heterocycles. The fraction of sp³-hybridized carbons (Fsp3) is 0.357. The number of nitrogens with zero attached hydrogens (tertiary/aromatic N) is 3. The van der Waals surface area contributed by atoms with E-state index < -0.39 is 21.4 Å². The number of hydrogen-bond acceptors (Lipinski definition) is 6. The molecule has 0 bridgehead atoms. The molecule has 200 valence electrons. The van der Waals surface area contributed by atoms with Crippen LogP contribution in [0.5, 0.6) is 11.5 Å². The van der Waals surface area contributed by atoms with Gasteiger partial charge in [-0.25, -0.2) is 18.4 Å². The molecule has 0 N–H and O–H groups in total. The predicted octanol–water partition coefficient (Wildman–Crippen LogP) is 5.02. The van der Waals surface area contributed by atoms with Crippen molar-refractivity contribution < 1.29 is 22.6 Å². The van der Waals surface area contributed by atoms with Gasteiger partial charge in [-0.15, -0.1) is 6.58 Å². The third-order valence-corrected chi connectivity index (χ3v) is 7.72. The molecule has 0 saturated carbocycles. The van der Waals surface area contributed by atoms with Gasteiger partial charge in [0.05, 0.1) is 20.8 Å². The van der Waals surface area contributed by atoms with E-state index in [9.17, 15) is 8.42 Å². The van der Waals surface area contributed by atoms with E-state index >= 15 is 0 Å². The van der Waals surface area contributed by atoms with Crippen LogP contribution in [0.1, 0.15) is 31.9 Å². The van der Waals surface area contributed by atoms with E-state index in [2.05, 4.69) is 23.3 Å². The first-order chi connectivity index (χ1) is 17.7. The van der Waals surface area contributed by atoms with Crippen LogP contribution >= 0.6 is 0 Å². The van der Waals surface area contributed by atoms with Crippen LogP contribution in [0.3, 0.4) is 0 Å². The van der Waals surface area contributed by atoms with Crippen LogP contribution in [0.2, 0.25) is 0 Å². The topological polar surface area (TPSA) is 89.8 Å². The molecule has 2 aromatic carbocycles. The molecule has 0 fully saturated rings. The molecular weight excluding hydrogens is 490 g/mol. The maximum atomic E-state index is 14.1. The Morgan fingerprint density at radius 1 is 0.973 bits per heavy atom. The summed E-state index contributed by atoms with van der Waals surface area (Å²) in [6, 6.07) is 14.6. The third-order valence-electron chi connectivity index (χ3n) is 5.56. The highest BCUT2D eigenvalue weighted by atomic mass is 32.2. The summed E-state index contributed by atoms with van der Waals surface area (Å²) in [5, 5.41) is -1.02. The quantitative estimate of drug-likeness (QED) is 0.196. The van der Waals surface area contributed by atoms with Gasteiger partial charge in [-0.1, -0.05) is 35.9 Å². The fourth-order valence-electron chi connectivity index (χ4n) is 3.49. The number of methoxy groups -OCH3 is 2. The van der Waals surface area contributed by atoms with Crippen LogP contribution < -0.4 is 9.47 Å². The van der Waals surface area contributed by atoms with Gasteiger partial charge in [0, 0.05) is 19.3 Å². The van der Waals surface area contributed by atoms with Crippen molar-refractivity contribution >= 4 is 22.6 Å². The monoisotopic (exact) mass is 527 g/mol. The Balaban J connectivity index is 2.50. The Kier molecular flexibility index (Phi) is 11.7. The zero-order valence-electron chi connectivity index (χ0n) is 22.3.